The second-order valence-corrected chi connectivity index (χ2v) is 21.0. The largest absolute Gasteiger partial charge is 0.490 e. The van der Waals surface area contributed by atoms with Crippen LogP contribution in [0, 0.1) is 11.3 Å². The fourth-order valence-electron chi connectivity index (χ4n) is 9.83. The van der Waals surface area contributed by atoms with Gasteiger partial charge in [-0.05, 0) is 95.1 Å². The zero-order chi connectivity index (χ0) is 53.5. The summed E-state index contributed by atoms with van der Waals surface area (Å²) in [4.78, 5) is 18.3. The minimum atomic E-state index is -0.224. The van der Waals surface area contributed by atoms with Gasteiger partial charge in [0.15, 0.2) is 11.5 Å². The molecule has 7 nitrogen and oxygen atoms in total. The van der Waals surface area contributed by atoms with E-state index in [-0.39, 0.29) is 5.91 Å². The maximum absolute atomic E-state index is 14.2. The summed E-state index contributed by atoms with van der Waals surface area (Å²) in [7, 11) is 0. The second-order valence-electron chi connectivity index (χ2n) is 21.0. The lowest BCUT2D eigenvalue weighted by Gasteiger charge is -2.19. The third-order valence-corrected chi connectivity index (χ3v) is 14.6. The Bertz CT molecular complexity index is 2320. The van der Waals surface area contributed by atoms with Crippen LogP contribution in [-0.4, -0.2) is 30.7 Å². The first-order chi connectivity index (χ1) is 37.5. The molecule has 0 saturated heterocycles. The van der Waals surface area contributed by atoms with Gasteiger partial charge in [-0.15, -0.1) is 0 Å². The molecule has 0 aliphatic carbocycles. The number of carbonyl (C=O) groups excluding carboxylic acids is 1. The maximum Gasteiger partial charge on any atom is 0.255 e. The summed E-state index contributed by atoms with van der Waals surface area (Å²) in [5.41, 5.74) is 7.81. The molecular weight excluding hydrogens is 935 g/mol. The third kappa shape index (κ3) is 24.0. The summed E-state index contributed by atoms with van der Waals surface area (Å²) in [6.45, 7) is 8.53. The molecule has 1 aromatic heterocycles. The average molecular weight is 1030 g/mol. The highest BCUT2D eigenvalue weighted by atomic mass is 16.5. The van der Waals surface area contributed by atoms with Crippen LogP contribution in [0.1, 0.15) is 235 Å². The summed E-state index contributed by atoms with van der Waals surface area (Å²) in [5.74, 6) is 1.57. The van der Waals surface area contributed by atoms with E-state index < -0.39 is 0 Å². The Morgan fingerprint density at radius 2 is 0.803 bits per heavy atom. The third-order valence-electron chi connectivity index (χ3n) is 14.6. The standard InChI is InChI=1S/C69H95N3O4/c1-4-7-10-13-16-19-22-25-28-31-50-74-66-54-63(55-67(75-51-32-29-26-23-20-17-14-11-8-5-2)68(66)76-52-33-30-27-24-21-18-15-12-9-6-3)69(73)72-65-44-42-60(43-45-65)58-36-34-57(35-37-58)53-64(56-70)61-40-38-59(39-41-61)62-46-48-71-49-47-62/h34-49,53-55H,4-33,50-52H2,1-3H3,(H,72,73)/b64-53+. The summed E-state index contributed by atoms with van der Waals surface area (Å²) in [6.07, 6.45) is 43.2. The molecule has 0 fully saturated rings. The number of nitriles is 1. The normalized spacial score (nSPS) is 11.4. The molecule has 1 amide bonds. The van der Waals surface area contributed by atoms with E-state index in [1.807, 2.05) is 91.0 Å². The highest BCUT2D eigenvalue weighted by Gasteiger charge is 2.20. The van der Waals surface area contributed by atoms with Gasteiger partial charge in [0, 0.05) is 23.6 Å². The van der Waals surface area contributed by atoms with Crippen molar-refractivity contribution in [2.75, 3.05) is 25.1 Å². The van der Waals surface area contributed by atoms with Gasteiger partial charge in [-0.3, -0.25) is 9.78 Å². The zero-order valence-electron chi connectivity index (χ0n) is 47.3. The van der Waals surface area contributed by atoms with Crippen molar-refractivity contribution >= 4 is 23.2 Å². The number of carbonyl (C=O) groups is 1. The van der Waals surface area contributed by atoms with Crippen molar-refractivity contribution in [1.82, 2.24) is 4.98 Å². The highest BCUT2D eigenvalue weighted by molar-refractivity contribution is 6.05. The molecule has 0 aliphatic rings. The Balaban J connectivity index is 1.24. The first-order valence-electron chi connectivity index (χ1n) is 30.2. The Morgan fingerprint density at radius 1 is 0.447 bits per heavy atom. The quantitative estimate of drug-likeness (QED) is 0.0238. The maximum atomic E-state index is 14.2. The van der Waals surface area contributed by atoms with E-state index in [4.69, 9.17) is 14.2 Å². The molecule has 0 bridgehead atoms. The fourth-order valence-corrected chi connectivity index (χ4v) is 9.83. The number of anilines is 1. The molecule has 1 N–H and O–H groups in total. The van der Waals surface area contributed by atoms with Crippen LogP contribution in [0.3, 0.4) is 0 Å². The van der Waals surface area contributed by atoms with Crippen molar-refractivity contribution in [3.8, 4) is 45.6 Å². The number of benzene rings is 4. The molecule has 7 heteroatoms. The van der Waals surface area contributed by atoms with Crippen molar-refractivity contribution in [2.45, 2.75) is 213 Å². The lowest BCUT2D eigenvalue weighted by Crippen LogP contribution is -2.14. The molecule has 4 aromatic carbocycles. The minimum absolute atomic E-state index is 0.224. The predicted octanol–water partition coefficient (Wildman–Crippen LogP) is 20.6. The molecule has 76 heavy (non-hydrogen) atoms. The van der Waals surface area contributed by atoms with E-state index in [1.165, 1.54) is 154 Å². The summed E-state index contributed by atoms with van der Waals surface area (Å²) in [5, 5.41) is 13.2. The summed E-state index contributed by atoms with van der Waals surface area (Å²) >= 11 is 0. The topological polar surface area (TPSA) is 93.5 Å². The fraction of sp³-hybridized carbons (Fsp3) is 0.522. The number of hydrogen-bond donors (Lipinski definition) is 1. The number of unbranched alkanes of at least 4 members (excludes halogenated alkanes) is 27. The lowest BCUT2D eigenvalue weighted by molar-refractivity contribution is 0.102. The van der Waals surface area contributed by atoms with Crippen molar-refractivity contribution < 1.29 is 19.0 Å². The van der Waals surface area contributed by atoms with Crippen LogP contribution in [0.5, 0.6) is 17.2 Å². The van der Waals surface area contributed by atoms with Gasteiger partial charge in [-0.2, -0.15) is 5.26 Å². The predicted molar refractivity (Wildman–Crippen MR) is 321 cm³/mol. The van der Waals surface area contributed by atoms with E-state index in [0.29, 0.717) is 53.9 Å². The van der Waals surface area contributed by atoms with Gasteiger partial charge < -0.3 is 19.5 Å². The monoisotopic (exact) mass is 1030 g/mol. The minimum Gasteiger partial charge on any atom is -0.490 e. The van der Waals surface area contributed by atoms with E-state index in [1.54, 1.807) is 12.4 Å². The van der Waals surface area contributed by atoms with Gasteiger partial charge in [0.2, 0.25) is 5.75 Å². The van der Waals surface area contributed by atoms with Crippen LogP contribution in [0.25, 0.3) is 33.9 Å². The SMILES string of the molecule is CCCCCCCCCCCCOc1cc(C(=O)Nc2ccc(-c3ccc(/C=C(\C#N)c4ccc(-c5ccncc5)cc4)cc3)cc2)cc(OCCCCCCCCCCCC)c1OCCCCCCCCCCCC. The van der Waals surface area contributed by atoms with Crippen LogP contribution in [-0.2, 0) is 0 Å². The van der Waals surface area contributed by atoms with Gasteiger partial charge in [-0.25, -0.2) is 0 Å². The van der Waals surface area contributed by atoms with Gasteiger partial charge in [0.1, 0.15) is 0 Å². The van der Waals surface area contributed by atoms with Gasteiger partial charge in [0.25, 0.3) is 5.91 Å². The van der Waals surface area contributed by atoms with Crippen LogP contribution < -0.4 is 19.5 Å². The highest BCUT2D eigenvalue weighted by Crippen LogP contribution is 2.40. The number of nitrogens with one attached hydrogen (secondary N) is 1. The average Bonchev–Trinajstić information content (AvgIpc) is 3.46. The Kier molecular flexibility index (Phi) is 31.0. The molecule has 5 aromatic rings. The van der Waals surface area contributed by atoms with E-state index in [9.17, 15) is 10.1 Å². The zero-order valence-corrected chi connectivity index (χ0v) is 47.3. The van der Waals surface area contributed by atoms with Gasteiger partial charge in [-0.1, -0.05) is 255 Å². The van der Waals surface area contributed by atoms with Crippen LogP contribution in [0.15, 0.2) is 109 Å². The number of ether oxygens (including phenoxy) is 3. The van der Waals surface area contributed by atoms with Gasteiger partial charge in [0.05, 0.1) is 31.5 Å². The van der Waals surface area contributed by atoms with E-state index >= 15 is 0 Å². The first-order valence-corrected chi connectivity index (χ1v) is 30.2. The molecule has 0 radical (unpaired) electrons. The van der Waals surface area contributed by atoms with Crippen molar-refractivity contribution in [1.29, 1.82) is 5.26 Å². The smallest absolute Gasteiger partial charge is 0.255 e. The van der Waals surface area contributed by atoms with E-state index in [0.717, 1.165) is 71.9 Å². The summed E-state index contributed by atoms with van der Waals surface area (Å²) in [6, 6.07) is 34.2. The lowest BCUT2D eigenvalue weighted by atomic mass is 9.99. The molecule has 0 unspecified atom stereocenters. The van der Waals surface area contributed by atoms with Crippen LogP contribution >= 0.6 is 0 Å². The van der Waals surface area contributed by atoms with E-state index in [2.05, 4.69) is 49.3 Å². The van der Waals surface area contributed by atoms with Crippen LogP contribution in [0.4, 0.5) is 5.69 Å². The van der Waals surface area contributed by atoms with Crippen molar-refractivity contribution in [2.24, 2.45) is 0 Å². The molecule has 0 aliphatic heterocycles. The number of rotatable bonds is 42. The second kappa shape index (κ2) is 38.6. The molecule has 5 rings (SSSR count). The molecule has 0 saturated carbocycles. The molecular formula is C69H95N3O4. The molecule has 0 atom stereocenters. The number of aromatic nitrogens is 1. The molecule has 0 spiro atoms. The molecule has 410 valence electrons. The number of amides is 1. The van der Waals surface area contributed by atoms with Gasteiger partial charge >= 0.3 is 0 Å². The summed E-state index contributed by atoms with van der Waals surface area (Å²) < 4.78 is 19.8. The Hall–Kier alpha value is -5.87. The number of pyridine rings is 1. The van der Waals surface area contributed by atoms with Crippen LogP contribution in [0.2, 0.25) is 0 Å². The van der Waals surface area contributed by atoms with Crippen molar-refractivity contribution in [3.05, 3.63) is 126 Å². The Morgan fingerprint density at radius 3 is 1.21 bits per heavy atom. The molecule has 1 heterocycles. The Labute approximate surface area is 460 Å². The number of allylic oxidation sites excluding steroid dienone is 1. The first kappa shape index (κ1) is 61.0. The number of hydrogen-bond acceptors (Lipinski definition) is 6. The van der Waals surface area contributed by atoms with Crippen molar-refractivity contribution in [3.63, 3.8) is 0 Å². The number of nitrogens with zero attached hydrogens (tertiary/aromatic N) is 2.